The average Bonchev–Trinajstić information content (AvgIpc) is 3.05. The zero-order valence-corrected chi connectivity index (χ0v) is 23.5. The van der Waals surface area contributed by atoms with Crippen LogP contribution in [0.3, 0.4) is 0 Å². The third-order valence-electron chi connectivity index (χ3n) is 8.88. The molecule has 0 radical (unpaired) electrons. The lowest BCUT2D eigenvalue weighted by molar-refractivity contribution is -0.248. The Bertz CT molecular complexity index is 960. The molecule has 0 aromatic heterocycles. The molecule has 5 fully saturated rings. The molecule has 1 heterocycles. The van der Waals surface area contributed by atoms with Crippen molar-refractivity contribution in [2.75, 3.05) is 6.61 Å². The van der Waals surface area contributed by atoms with Crippen LogP contribution < -0.4 is 0 Å². The van der Waals surface area contributed by atoms with Gasteiger partial charge in [-0.2, -0.15) is 0 Å². The van der Waals surface area contributed by atoms with Crippen LogP contribution in [-0.4, -0.2) is 58.5 Å². The maximum Gasteiger partial charge on any atom is 0.348 e. The maximum atomic E-state index is 13.2. The van der Waals surface area contributed by atoms with E-state index in [1.807, 2.05) is 6.92 Å². The highest BCUT2D eigenvalue weighted by atomic mass is 16.6. The zero-order valence-electron chi connectivity index (χ0n) is 23.5. The third kappa shape index (κ3) is 6.02. The molecule has 4 bridgehead atoms. The number of esters is 4. The fourth-order valence-corrected chi connectivity index (χ4v) is 7.41. The van der Waals surface area contributed by atoms with Crippen LogP contribution in [0.15, 0.2) is 0 Å². The van der Waals surface area contributed by atoms with E-state index in [0.717, 1.165) is 12.8 Å². The second kappa shape index (κ2) is 10.4. The third-order valence-corrected chi connectivity index (χ3v) is 8.88. The second-order valence-corrected chi connectivity index (χ2v) is 13.3. The maximum absolute atomic E-state index is 13.2. The highest BCUT2D eigenvalue weighted by molar-refractivity contribution is 5.82. The first-order chi connectivity index (χ1) is 17.7. The van der Waals surface area contributed by atoms with E-state index in [0.29, 0.717) is 64.4 Å². The van der Waals surface area contributed by atoms with Gasteiger partial charge in [-0.05, 0) is 64.7 Å². The number of hydrogen-bond donors (Lipinski definition) is 1. The number of rotatable bonds is 11. The number of ether oxygens (including phenoxy) is 4. The first kappa shape index (κ1) is 28.8. The number of unbranched alkanes of at least 4 members (excludes halogenated alkanes) is 1. The molecule has 5 aliphatic rings. The Morgan fingerprint density at radius 1 is 1.00 bits per heavy atom. The van der Waals surface area contributed by atoms with Gasteiger partial charge in [0, 0.05) is 19.3 Å². The molecule has 4 aliphatic carbocycles. The molecule has 1 N–H and O–H groups in total. The van der Waals surface area contributed by atoms with Crippen molar-refractivity contribution in [1.29, 1.82) is 0 Å². The van der Waals surface area contributed by atoms with Gasteiger partial charge in [0.2, 0.25) is 6.10 Å². The van der Waals surface area contributed by atoms with Crippen LogP contribution in [0.4, 0.5) is 0 Å². The van der Waals surface area contributed by atoms with Crippen LogP contribution >= 0.6 is 0 Å². The Hall–Kier alpha value is -2.16. The normalized spacial score (nSPS) is 36.3. The van der Waals surface area contributed by atoms with E-state index in [1.54, 1.807) is 27.7 Å². The molecule has 7 atom stereocenters. The highest BCUT2D eigenvalue weighted by Crippen LogP contribution is 2.64. The van der Waals surface area contributed by atoms with Crippen molar-refractivity contribution in [3.8, 4) is 0 Å². The van der Waals surface area contributed by atoms with E-state index in [9.17, 15) is 24.3 Å². The number of cyclic esters (lactones) is 1. The van der Waals surface area contributed by atoms with E-state index in [1.165, 1.54) is 0 Å². The van der Waals surface area contributed by atoms with E-state index in [4.69, 9.17) is 18.9 Å². The quantitative estimate of drug-likeness (QED) is 0.237. The predicted molar refractivity (Wildman–Crippen MR) is 135 cm³/mol. The summed E-state index contributed by atoms with van der Waals surface area (Å²) in [5.41, 5.74) is -3.36. The number of hydrogen-bond acceptors (Lipinski definition) is 9. The van der Waals surface area contributed by atoms with Gasteiger partial charge in [-0.1, -0.05) is 27.2 Å². The summed E-state index contributed by atoms with van der Waals surface area (Å²) in [6.07, 6.45) is 4.97. The summed E-state index contributed by atoms with van der Waals surface area (Å²) in [4.78, 5) is 50.8. The van der Waals surface area contributed by atoms with Gasteiger partial charge in [0.1, 0.15) is 11.2 Å². The molecule has 7 unspecified atom stereocenters. The van der Waals surface area contributed by atoms with Crippen molar-refractivity contribution in [2.45, 2.75) is 128 Å². The summed E-state index contributed by atoms with van der Waals surface area (Å²) in [6, 6.07) is 0. The summed E-state index contributed by atoms with van der Waals surface area (Å²) in [5, 5.41) is 11.3. The van der Waals surface area contributed by atoms with Crippen LogP contribution in [0, 0.1) is 23.2 Å². The first-order valence-electron chi connectivity index (χ1n) is 14.3. The molecule has 214 valence electrons. The van der Waals surface area contributed by atoms with Crippen molar-refractivity contribution in [2.24, 2.45) is 23.2 Å². The zero-order chi connectivity index (χ0) is 27.9. The Morgan fingerprint density at radius 3 is 2.29 bits per heavy atom. The van der Waals surface area contributed by atoms with Crippen LogP contribution in [0.1, 0.15) is 105 Å². The fraction of sp³-hybridized carbons (Fsp3) is 0.862. The minimum absolute atomic E-state index is 0.111. The van der Waals surface area contributed by atoms with Crippen molar-refractivity contribution < 1.29 is 43.2 Å². The molecule has 9 heteroatoms. The van der Waals surface area contributed by atoms with Gasteiger partial charge in [0.05, 0.1) is 29.5 Å². The number of carbonyl (C=O) groups excluding carboxylic acids is 4. The standard InChI is InChI=1S/C29H44O9/c1-6-7-10-35-25(33)27-11-20-12-28(34,15-27)17-29(13-20,16-27)38-23(31)19(3)9-8-18(2)22(30)36-21-14-26(4,5)37-24(21)32/h18-21,34H,6-17H2,1-5H3. The van der Waals surface area contributed by atoms with Crippen LogP contribution in [0.2, 0.25) is 0 Å². The molecule has 1 aliphatic heterocycles. The lowest BCUT2D eigenvalue weighted by Gasteiger charge is -2.62. The van der Waals surface area contributed by atoms with Gasteiger partial charge < -0.3 is 24.1 Å². The Labute approximate surface area is 225 Å². The molecule has 38 heavy (non-hydrogen) atoms. The molecule has 0 amide bonds. The van der Waals surface area contributed by atoms with Gasteiger partial charge in [0.25, 0.3) is 0 Å². The Kier molecular flexibility index (Phi) is 7.92. The SMILES string of the molecule is CCCCOC(=O)C12CC3CC(O)(CC(OC(=O)C(C)CCC(C)C(=O)OC4CC(C)(C)OC4=O)(C3)C1)C2. The van der Waals surface area contributed by atoms with Crippen LogP contribution in [-0.2, 0) is 38.1 Å². The molecule has 5 rings (SSSR count). The van der Waals surface area contributed by atoms with E-state index < -0.39 is 52.1 Å². The molecular weight excluding hydrogens is 492 g/mol. The largest absolute Gasteiger partial charge is 0.465 e. The lowest BCUT2D eigenvalue weighted by Crippen LogP contribution is -2.66. The molecule has 1 saturated heterocycles. The van der Waals surface area contributed by atoms with Crippen molar-refractivity contribution in [1.82, 2.24) is 0 Å². The van der Waals surface area contributed by atoms with Crippen molar-refractivity contribution in [3.05, 3.63) is 0 Å². The monoisotopic (exact) mass is 536 g/mol. The van der Waals surface area contributed by atoms with E-state index >= 15 is 0 Å². The summed E-state index contributed by atoms with van der Waals surface area (Å²) in [5.74, 6) is -2.54. The molecular formula is C29H44O9. The predicted octanol–water partition coefficient (Wildman–Crippen LogP) is 4.02. The topological polar surface area (TPSA) is 125 Å². The van der Waals surface area contributed by atoms with Crippen LogP contribution in [0.25, 0.3) is 0 Å². The number of carbonyl (C=O) groups is 4. The van der Waals surface area contributed by atoms with Gasteiger partial charge in [-0.3, -0.25) is 14.4 Å². The summed E-state index contributed by atoms with van der Waals surface area (Å²) >= 11 is 0. The Balaban J connectivity index is 1.32. The Morgan fingerprint density at radius 2 is 1.68 bits per heavy atom. The molecule has 0 aromatic carbocycles. The molecule has 0 spiro atoms. The lowest BCUT2D eigenvalue weighted by atomic mass is 9.46. The van der Waals surface area contributed by atoms with Gasteiger partial charge >= 0.3 is 23.9 Å². The average molecular weight is 537 g/mol. The highest BCUT2D eigenvalue weighted by Gasteiger charge is 2.67. The second-order valence-electron chi connectivity index (χ2n) is 13.3. The summed E-state index contributed by atoms with van der Waals surface area (Å²) < 4.78 is 22.3. The van der Waals surface area contributed by atoms with Gasteiger partial charge in [0.15, 0.2) is 0 Å². The minimum Gasteiger partial charge on any atom is -0.465 e. The van der Waals surface area contributed by atoms with Gasteiger partial charge in [-0.15, -0.1) is 0 Å². The molecule has 9 nitrogen and oxygen atoms in total. The summed E-state index contributed by atoms with van der Waals surface area (Å²) in [6.45, 7) is 9.43. The molecule has 0 aromatic rings. The van der Waals surface area contributed by atoms with Gasteiger partial charge in [-0.25, -0.2) is 4.79 Å². The van der Waals surface area contributed by atoms with Crippen molar-refractivity contribution >= 4 is 23.9 Å². The molecule has 4 saturated carbocycles. The van der Waals surface area contributed by atoms with Crippen LogP contribution in [0.5, 0.6) is 0 Å². The first-order valence-corrected chi connectivity index (χ1v) is 14.3. The summed E-state index contributed by atoms with van der Waals surface area (Å²) in [7, 11) is 0. The van der Waals surface area contributed by atoms with Crippen molar-refractivity contribution in [3.63, 3.8) is 0 Å². The number of aliphatic hydroxyl groups is 1. The van der Waals surface area contributed by atoms with E-state index in [2.05, 4.69) is 0 Å². The van der Waals surface area contributed by atoms with E-state index in [-0.39, 0.29) is 17.9 Å². The smallest absolute Gasteiger partial charge is 0.348 e. The minimum atomic E-state index is -1.03. The fourth-order valence-electron chi connectivity index (χ4n) is 7.41.